The minimum absolute atomic E-state index is 0.267. The Morgan fingerprint density at radius 1 is 1.62 bits per heavy atom. The van der Waals surface area contributed by atoms with E-state index in [1.807, 2.05) is 0 Å². The first kappa shape index (κ1) is 10.9. The number of nitrogens with one attached hydrogen (secondary N) is 1. The lowest BCUT2D eigenvalue weighted by Crippen LogP contribution is -2.12. The van der Waals surface area contributed by atoms with Crippen LogP contribution in [0, 0.1) is 5.82 Å². The maximum absolute atomic E-state index is 13.2. The van der Waals surface area contributed by atoms with Crippen LogP contribution in [-0.2, 0) is 11.4 Å². The van der Waals surface area contributed by atoms with E-state index < -0.39 is 0 Å². The van der Waals surface area contributed by atoms with Gasteiger partial charge in [0.15, 0.2) is 0 Å². The zero-order valence-corrected chi connectivity index (χ0v) is 9.25. The summed E-state index contributed by atoms with van der Waals surface area (Å²) < 4.78 is 13.7. The molecule has 0 aliphatic carbocycles. The predicted molar refractivity (Wildman–Crippen MR) is 53.0 cm³/mol. The van der Waals surface area contributed by atoms with Gasteiger partial charge in [-0.2, -0.15) is 5.48 Å². The third-order valence-electron chi connectivity index (χ3n) is 1.53. The molecule has 1 aromatic carbocycles. The van der Waals surface area contributed by atoms with Crippen LogP contribution >= 0.6 is 27.5 Å². The molecular weight excluding hydrogens is 260 g/mol. The number of hydroxylamine groups is 1. The third-order valence-corrected chi connectivity index (χ3v) is 2.98. The van der Waals surface area contributed by atoms with Crippen molar-refractivity contribution in [3.05, 3.63) is 33.0 Å². The zero-order valence-electron chi connectivity index (χ0n) is 6.90. The lowest BCUT2D eigenvalue weighted by molar-refractivity contribution is 0.0858. The van der Waals surface area contributed by atoms with Crippen molar-refractivity contribution in [1.29, 1.82) is 0 Å². The van der Waals surface area contributed by atoms with Crippen LogP contribution in [0.2, 0.25) is 5.02 Å². The fourth-order valence-electron chi connectivity index (χ4n) is 0.875. The summed E-state index contributed by atoms with van der Waals surface area (Å²) in [6, 6.07) is 2.82. The van der Waals surface area contributed by atoms with Crippen molar-refractivity contribution in [2.24, 2.45) is 0 Å². The quantitative estimate of drug-likeness (QED) is 0.672. The molecule has 0 fully saturated rings. The van der Waals surface area contributed by atoms with E-state index in [0.717, 1.165) is 0 Å². The first-order chi connectivity index (χ1) is 6.16. The molecule has 5 heteroatoms. The summed E-state index contributed by atoms with van der Waals surface area (Å²) in [7, 11) is 1.47. The van der Waals surface area contributed by atoms with Crippen molar-refractivity contribution in [3.8, 4) is 0 Å². The Labute approximate surface area is 89.1 Å². The SMILES string of the molecule is CONCc1c(F)ccc(Cl)c1Br. The molecule has 72 valence electrons. The highest BCUT2D eigenvalue weighted by Crippen LogP contribution is 2.28. The average Bonchev–Trinajstić information content (AvgIpc) is 2.12. The first-order valence-electron chi connectivity index (χ1n) is 3.55. The van der Waals surface area contributed by atoms with E-state index in [1.54, 1.807) is 0 Å². The second kappa shape index (κ2) is 4.91. The van der Waals surface area contributed by atoms with Crippen molar-refractivity contribution in [1.82, 2.24) is 5.48 Å². The van der Waals surface area contributed by atoms with Gasteiger partial charge in [0.05, 0.1) is 18.7 Å². The molecule has 1 N–H and O–H groups in total. The van der Waals surface area contributed by atoms with Crippen LogP contribution in [-0.4, -0.2) is 7.11 Å². The number of benzene rings is 1. The van der Waals surface area contributed by atoms with Gasteiger partial charge in [-0.25, -0.2) is 4.39 Å². The fraction of sp³-hybridized carbons (Fsp3) is 0.250. The van der Waals surface area contributed by atoms with Gasteiger partial charge in [-0.05, 0) is 28.1 Å². The van der Waals surface area contributed by atoms with Gasteiger partial charge in [0.2, 0.25) is 0 Å². The molecule has 0 saturated heterocycles. The number of halogens is 3. The Balaban J connectivity index is 2.96. The number of hydrogen-bond acceptors (Lipinski definition) is 2. The number of hydrogen-bond donors (Lipinski definition) is 1. The van der Waals surface area contributed by atoms with E-state index in [2.05, 4.69) is 26.2 Å². The van der Waals surface area contributed by atoms with Crippen LogP contribution in [0.3, 0.4) is 0 Å². The molecule has 1 rings (SSSR count). The lowest BCUT2D eigenvalue weighted by atomic mass is 10.2. The summed E-state index contributed by atoms with van der Waals surface area (Å²) in [5, 5.41) is 0.481. The van der Waals surface area contributed by atoms with Crippen molar-refractivity contribution >= 4 is 27.5 Å². The van der Waals surface area contributed by atoms with Crippen LogP contribution in [0.15, 0.2) is 16.6 Å². The molecule has 0 radical (unpaired) electrons. The van der Waals surface area contributed by atoms with E-state index in [4.69, 9.17) is 11.6 Å². The van der Waals surface area contributed by atoms with Gasteiger partial charge in [0.25, 0.3) is 0 Å². The Bertz CT molecular complexity index is 308. The molecule has 0 amide bonds. The summed E-state index contributed by atoms with van der Waals surface area (Å²) in [5.74, 6) is -0.319. The van der Waals surface area contributed by atoms with E-state index in [-0.39, 0.29) is 12.4 Å². The lowest BCUT2D eigenvalue weighted by Gasteiger charge is -2.07. The van der Waals surface area contributed by atoms with Crippen molar-refractivity contribution in [2.75, 3.05) is 7.11 Å². The molecule has 1 aromatic rings. The monoisotopic (exact) mass is 267 g/mol. The molecular formula is C8H8BrClFNO. The van der Waals surface area contributed by atoms with Gasteiger partial charge < -0.3 is 4.84 Å². The zero-order chi connectivity index (χ0) is 9.84. The Kier molecular flexibility index (Phi) is 4.12. The van der Waals surface area contributed by atoms with Crippen molar-refractivity contribution in [2.45, 2.75) is 6.54 Å². The van der Waals surface area contributed by atoms with Crippen LogP contribution in [0.5, 0.6) is 0 Å². The molecule has 0 bridgehead atoms. The maximum Gasteiger partial charge on any atom is 0.129 e. The molecule has 0 saturated carbocycles. The van der Waals surface area contributed by atoms with Gasteiger partial charge in [0, 0.05) is 10.0 Å². The topological polar surface area (TPSA) is 21.3 Å². The van der Waals surface area contributed by atoms with Crippen LogP contribution in [0.1, 0.15) is 5.56 Å². The summed E-state index contributed by atoms with van der Waals surface area (Å²) >= 11 is 8.98. The van der Waals surface area contributed by atoms with Crippen LogP contribution in [0.25, 0.3) is 0 Å². The van der Waals surface area contributed by atoms with Crippen LogP contribution < -0.4 is 5.48 Å². The fourth-order valence-corrected chi connectivity index (χ4v) is 1.51. The number of rotatable bonds is 3. The van der Waals surface area contributed by atoms with Gasteiger partial charge >= 0.3 is 0 Å². The highest BCUT2D eigenvalue weighted by molar-refractivity contribution is 9.10. The van der Waals surface area contributed by atoms with Gasteiger partial charge in [-0.15, -0.1) is 0 Å². The van der Waals surface area contributed by atoms with Crippen LogP contribution in [0.4, 0.5) is 4.39 Å². The second-order valence-electron chi connectivity index (χ2n) is 2.35. The molecule has 0 spiro atoms. The molecule has 0 atom stereocenters. The maximum atomic E-state index is 13.2. The summed E-state index contributed by atoms with van der Waals surface area (Å²) in [6.45, 7) is 0.267. The van der Waals surface area contributed by atoms with Crippen molar-refractivity contribution in [3.63, 3.8) is 0 Å². The minimum atomic E-state index is -0.319. The molecule has 0 aliphatic rings. The standard InChI is InChI=1S/C8H8BrClFNO/c1-13-12-4-5-7(11)3-2-6(10)8(5)9/h2-3,12H,4H2,1H3. The van der Waals surface area contributed by atoms with E-state index in [1.165, 1.54) is 19.2 Å². The molecule has 0 aromatic heterocycles. The first-order valence-corrected chi connectivity index (χ1v) is 4.72. The average molecular weight is 269 g/mol. The van der Waals surface area contributed by atoms with Gasteiger partial charge in [-0.1, -0.05) is 11.6 Å². The highest BCUT2D eigenvalue weighted by atomic mass is 79.9. The second-order valence-corrected chi connectivity index (χ2v) is 3.55. The third kappa shape index (κ3) is 2.64. The normalized spacial score (nSPS) is 10.5. The molecule has 13 heavy (non-hydrogen) atoms. The highest BCUT2D eigenvalue weighted by Gasteiger charge is 2.09. The van der Waals surface area contributed by atoms with Gasteiger partial charge in [0.1, 0.15) is 5.82 Å². The summed E-state index contributed by atoms with van der Waals surface area (Å²) in [6.07, 6.45) is 0. The van der Waals surface area contributed by atoms with E-state index >= 15 is 0 Å². The Hall–Kier alpha value is -0.160. The van der Waals surface area contributed by atoms with E-state index in [9.17, 15) is 4.39 Å². The minimum Gasteiger partial charge on any atom is -0.305 e. The summed E-state index contributed by atoms with van der Waals surface area (Å²) in [5.41, 5.74) is 3.00. The van der Waals surface area contributed by atoms with E-state index in [0.29, 0.717) is 15.1 Å². The molecule has 2 nitrogen and oxygen atoms in total. The van der Waals surface area contributed by atoms with Gasteiger partial charge in [-0.3, -0.25) is 0 Å². The smallest absolute Gasteiger partial charge is 0.129 e. The predicted octanol–water partition coefficient (Wildman–Crippen LogP) is 2.89. The van der Waals surface area contributed by atoms with Crippen molar-refractivity contribution < 1.29 is 9.23 Å². The Morgan fingerprint density at radius 2 is 2.31 bits per heavy atom. The largest absolute Gasteiger partial charge is 0.305 e. The summed E-state index contributed by atoms with van der Waals surface area (Å²) in [4.78, 5) is 4.62. The molecule has 0 heterocycles. The Morgan fingerprint density at radius 3 is 2.92 bits per heavy atom. The molecule has 0 unspecified atom stereocenters. The molecule has 0 aliphatic heterocycles.